The molecule has 0 atom stereocenters. The number of carbonyl (C=O) groups is 18. The molecule has 7 rings (SSSR count). The minimum atomic E-state index is -1.48. The van der Waals surface area contributed by atoms with Crippen LogP contribution in [0.1, 0.15) is 125 Å². The number of ether oxygens (including phenoxy) is 21. The van der Waals surface area contributed by atoms with Gasteiger partial charge < -0.3 is 99.5 Å². The van der Waals surface area contributed by atoms with E-state index in [0.717, 1.165) is 171 Å². The smallest absolute Gasteiger partial charge is 0.308 e. The maximum absolute atomic E-state index is 14.4. The molecule has 39 heteroatoms. The molecule has 0 saturated carbocycles. The lowest BCUT2D eigenvalue weighted by molar-refractivity contribution is -0.134. The maximum atomic E-state index is 14.4. The molecule has 0 spiro atoms. The molecule has 0 aliphatic heterocycles. The maximum Gasteiger partial charge on any atom is 0.308 e. The van der Waals surface area contributed by atoms with Crippen LogP contribution in [0.15, 0.2) is 72.8 Å². The summed E-state index contributed by atoms with van der Waals surface area (Å²) < 4.78 is 123. The number of carbonyl (C=O) groups excluding carboxylic acids is 18. The zero-order chi connectivity index (χ0) is 87.0. The van der Waals surface area contributed by atoms with Gasteiger partial charge in [0.1, 0.15) is 80.5 Å². The molecule has 0 bridgehead atoms. The van der Waals surface area contributed by atoms with Crippen molar-refractivity contribution < 1.29 is 186 Å². The topological polar surface area (TPSA) is 501 Å². The Morgan fingerprint density at radius 3 is 0.581 bits per heavy atom. The lowest BCUT2D eigenvalue weighted by Gasteiger charge is -2.27. The van der Waals surface area contributed by atoms with Crippen molar-refractivity contribution in [2.45, 2.75) is 125 Å². The largest absolute Gasteiger partial charge is 0.449 e. The third-order valence-electron chi connectivity index (χ3n) is 13.4. The monoisotopic (exact) mass is 1630 g/mol. The normalized spacial score (nSPS) is 10.4. The highest BCUT2D eigenvalue weighted by Crippen LogP contribution is 2.66. The number of esters is 18. The van der Waals surface area contributed by atoms with E-state index in [1.165, 1.54) is 0 Å². The zero-order valence-electron chi connectivity index (χ0n) is 64.8. The third-order valence-corrected chi connectivity index (χ3v) is 13.4. The van der Waals surface area contributed by atoms with Crippen molar-refractivity contribution in [1.82, 2.24) is 0 Å². The Morgan fingerprint density at radius 1 is 0.137 bits per heavy atom. The summed E-state index contributed by atoms with van der Waals surface area (Å²) in [5.74, 6) is -44.3. The second-order valence-electron chi connectivity index (χ2n) is 23.7. The molecule has 0 aromatic heterocycles. The first-order chi connectivity index (χ1) is 54.7. The van der Waals surface area contributed by atoms with Crippen LogP contribution in [0.4, 0.5) is 0 Å². The number of benzene rings is 7. The highest BCUT2D eigenvalue weighted by Gasteiger charge is 2.42. The minimum Gasteiger partial charge on any atom is -0.449 e. The summed E-state index contributed by atoms with van der Waals surface area (Å²) in [6, 6.07) is 9.91. The van der Waals surface area contributed by atoms with E-state index in [9.17, 15) is 86.3 Å². The first-order valence-electron chi connectivity index (χ1n) is 33.4. The Balaban J connectivity index is 1.96. The van der Waals surface area contributed by atoms with Crippen LogP contribution in [0.3, 0.4) is 0 Å². The average molecular weight is 1630 g/mol. The molecule has 39 nitrogen and oxygen atoms in total. The molecule has 612 valence electrons. The molecule has 7 aromatic rings. The number of rotatable bonds is 27. The summed E-state index contributed by atoms with van der Waals surface area (Å²) in [6.45, 7) is 15.1. The molecule has 0 fully saturated rings. The van der Waals surface area contributed by atoms with E-state index in [-0.39, 0.29) is 0 Å². The summed E-state index contributed by atoms with van der Waals surface area (Å²) in [5, 5.41) is 0. The predicted octanol–water partition coefficient (Wildman–Crippen LogP) is 10.7. The van der Waals surface area contributed by atoms with Gasteiger partial charge in [-0.15, -0.1) is 0 Å². The lowest BCUT2D eigenvalue weighted by Crippen LogP contribution is -2.15. The Bertz CT molecular complexity index is 5110. The Morgan fingerprint density at radius 2 is 0.325 bits per heavy atom. The Labute approximate surface area is 659 Å². The molecular formula is C78H66O39. The van der Waals surface area contributed by atoms with Crippen molar-refractivity contribution in [3.8, 4) is 171 Å². The third kappa shape index (κ3) is 24.2. The molecule has 117 heavy (non-hydrogen) atoms. The zero-order valence-corrected chi connectivity index (χ0v) is 64.8. The second kappa shape index (κ2) is 38.1. The first-order valence-corrected chi connectivity index (χ1v) is 33.4. The van der Waals surface area contributed by atoms with Gasteiger partial charge in [-0.3, -0.25) is 86.3 Å². The van der Waals surface area contributed by atoms with Crippen LogP contribution in [0.5, 0.6) is 138 Å². The number of hydrogen-bond donors (Lipinski definition) is 0. The quantitative estimate of drug-likeness (QED) is 0.0341. The van der Waals surface area contributed by atoms with Gasteiger partial charge in [-0.05, 0) is 0 Å². The van der Waals surface area contributed by atoms with Crippen LogP contribution in [-0.2, 0) is 86.3 Å². The molecule has 0 aliphatic rings. The minimum absolute atomic E-state index is 0.506. The van der Waals surface area contributed by atoms with Crippen LogP contribution in [0, 0.1) is 0 Å². The van der Waals surface area contributed by atoms with E-state index in [1.54, 1.807) is 0 Å². The van der Waals surface area contributed by atoms with E-state index in [4.69, 9.17) is 99.5 Å². The van der Waals surface area contributed by atoms with Crippen molar-refractivity contribution in [2.75, 3.05) is 0 Å². The van der Waals surface area contributed by atoms with Crippen LogP contribution in [0.2, 0.25) is 0 Å². The van der Waals surface area contributed by atoms with Gasteiger partial charge in [0.25, 0.3) is 0 Å². The highest BCUT2D eigenvalue weighted by molar-refractivity contribution is 6.05. The van der Waals surface area contributed by atoms with Gasteiger partial charge in [-0.2, -0.15) is 0 Å². The van der Waals surface area contributed by atoms with Gasteiger partial charge in [0.2, 0.25) is 17.2 Å². The molecule has 0 radical (unpaired) electrons. The molecule has 0 unspecified atom stereocenters. The van der Waals surface area contributed by atoms with Crippen molar-refractivity contribution in [2.24, 2.45) is 0 Å². The first kappa shape index (κ1) is 88.6. The van der Waals surface area contributed by atoms with Crippen LogP contribution in [0.25, 0.3) is 33.4 Å². The molecule has 0 heterocycles. The summed E-state index contributed by atoms with van der Waals surface area (Å²) in [6.07, 6.45) is 0. The standard InChI is InChI=1S/C78H66O39/c1-31(79)97-49-19-50(98-32(2)80)21-51(20-49)115-72-63(116-73-65(110-44(14)92)30-62(109-43(13)91)69(75(73)112-46(16)94)66-56(103-37(7)85)22-52(99-33(3)81)23-57(66)104-38(8)86)28-55(102-36(6)84)29-64(72)117-78-76(113-47(17)95)70(67-58(105-39(9)87)24-53(100-34(4)82)25-59(67)106-40(10)88)74(111-45(15)93)71(77(78)114-48(18)96)68-60(107-41(11)89)26-54(101-35(5)83)27-61(68)108-42(12)90/h19-30H,1-18H3. The number of hydrogen-bond acceptors (Lipinski definition) is 39. The molecule has 0 amide bonds. The molecule has 7 aromatic carbocycles. The van der Waals surface area contributed by atoms with Crippen LogP contribution < -0.4 is 99.5 Å². The van der Waals surface area contributed by atoms with Crippen molar-refractivity contribution in [3.05, 3.63) is 72.8 Å². The van der Waals surface area contributed by atoms with Gasteiger partial charge in [-0.1, -0.05) is 0 Å². The van der Waals surface area contributed by atoms with Crippen molar-refractivity contribution in [1.29, 1.82) is 0 Å². The summed E-state index contributed by atoms with van der Waals surface area (Å²) in [4.78, 5) is 242. The Hall–Kier alpha value is -15.6. The van der Waals surface area contributed by atoms with Gasteiger partial charge in [-0.25, -0.2) is 0 Å². The fraction of sp³-hybridized carbons (Fsp3) is 0.231. The fourth-order valence-electron chi connectivity index (χ4n) is 10.5. The van der Waals surface area contributed by atoms with Gasteiger partial charge in [0.05, 0.1) is 33.4 Å². The van der Waals surface area contributed by atoms with Crippen LogP contribution in [-0.4, -0.2) is 107 Å². The average Bonchev–Trinajstić information content (AvgIpc) is 0.720. The molecule has 0 saturated heterocycles. The van der Waals surface area contributed by atoms with E-state index in [2.05, 4.69) is 0 Å². The van der Waals surface area contributed by atoms with E-state index < -0.39 is 279 Å². The highest BCUT2D eigenvalue weighted by atomic mass is 16.6. The fourth-order valence-corrected chi connectivity index (χ4v) is 10.5. The molecule has 0 N–H and O–H groups in total. The van der Waals surface area contributed by atoms with Gasteiger partial charge >= 0.3 is 107 Å². The van der Waals surface area contributed by atoms with E-state index in [0.29, 0.717) is 26.0 Å². The predicted molar refractivity (Wildman–Crippen MR) is 386 cm³/mol. The lowest BCUT2D eigenvalue weighted by atomic mass is 9.91. The van der Waals surface area contributed by atoms with Gasteiger partial charge in [0.15, 0.2) is 40.2 Å². The van der Waals surface area contributed by atoms with Crippen molar-refractivity contribution in [3.63, 3.8) is 0 Å². The van der Waals surface area contributed by atoms with Gasteiger partial charge in [0, 0.05) is 197 Å². The van der Waals surface area contributed by atoms with Crippen molar-refractivity contribution >= 4 is 107 Å². The van der Waals surface area contributed by atoms with E-state index >= 15 is 0 Å². The SMILES string of the molecule is CC(=O)Oc1cc(OC(C)=O)cc(Oc2c(Oc3c(OC(C)=O)cc(OC(C)=O)c(-c4c(OC(C)=O)cc(OC(C)=O)cc4OC(C)=O)c3OC(C)=O)cc(OC(C)=O)cc2Oc2c(OC(C)=O)c(-c3c(OC(C)=O)cc(OC(C)=O)cc3OC(C)=O)c(OC(C)=O)c(-c3c(OC(C)=O)cc(OC(C)=O)cc3OC(C)=O)c2OC(C)=O)c1. The summed E-state index contributed by atoms with van der Waals surface area (Å²) >= 11 is 0. The summed E-state index contributed by atoms with van der Waals surface area (Å²) in [7, 11) is 0. The second-order valence-corrected chi connectivity index (χ2v) is 23.7. The summed E-state index contributed by atoms with van der Waals surface area (Å²) in [5.41, 5.74) is -5.66. The van der Waals surface area contributed by atoms with Crippen LogP contribution >= 0.6 is 0 Å². The Kier molecular flexibility index (Phi) is 28.8. The molecule has 0 aliphatic carbocycles. The van der Waals surface area contributed by atoms with E-state index in [1.807, 2.05) is 0 Å². The molecular weight excluding hydrogens is 1560 g/mol.